The molecule has 0 saturated carbocycles. The summed E-state index contributed by atoms with van der Waals surface area (Å²) in [5, 5.41) is 11.3. The molecule has 0 saturated heterocycles. The van der Waals surface area contributed by atoms with Gasteiger partial charge in [-0.25, -0.2) is 0 Å². The quantitative estimate of drug-likeness (QED) is 0.170. The number of hydrogen-bond donors (Lipinski definition) is 1. The molecular formula is C31H42O3. The topological polar surface area (TPSA) is 50.4 Å². The Morgan fingerprint density at radius 3 is 1.91 bits per heavy atom. The van der Waals surface area contributed by atoms with Gasteiger partial charge in [-0.15, -0.1) is 0 Å². The van der Waals surface area contributed by atoms with Gasteiger partial charge in [0, 0.05) is 12.0 Å². The van der Waals surface area contributed by atoms with Crippen LogP contribution >= 0.6 is 0 Å². The lowest BCUT2D eigenvalue weighted by Gasteiger charge is -2.03. The highest BCUT2D eigenvalue weighted by molar-refractivity contribution is 6.02. The minimum absolute atomic E-state index is 0.0393. The molecule has 0 aliphatic carbocycles. The van der Waals surface area contributed by atoms with Crippen LogP contribution in [0.2, 0.25) is 0 Å². The average Bonchev–Trinajstić information content (AvgIpc) is 3.19. The Kier molecular flexibility index (Phi) is 10.7. The van der Waals surface area contributed by atoms with Gasteiger partial charge in [-0.1, -0.05) is 114 Å². The first-order chi connectivity index (χ1) is 16.6. The fourth-order valence-corrected chi connectivity index (χ4v) is 4.84. The van der Waals surface area contributed by atoms with E-state index >= 15 is 0 Å². The lowest BCUT2D eigenvalue weighted by Crippen LogP contribution is -1.99. The van der Waals surface area contributed by atoms with Gasteiger partial charge >= 0.3 is 0 Å². The van der Waals surface area contributed by atoms with Gasteiger partial charge in [0.15, 0.2) is 11.5 Å². The highest BCUT2D eigenvalue weighted by atomic mass is 16.3. The third-order valence-corrected chi connectivity index (χ3v) is 6.88. The number of phenolic OH excluding ortho intramolecular Hbond substituents is 1. The van der Waals surface area contributed by atoms with Crippen molar-refractivity contribution in [3.63, 3.8) is 0 Å². The number of aryl methyl sites for hydroxylation is 1. The summed E-state index contributed by atoms with van der Waals surface area (Å²) >= 11 is 0. The number of carbonyl (C=O) groups is 1. The maximum absolute atomic E-state index is 12.8. The summed E-state index contributed by atoms with van der Waals surface area (Å²) in [5.74, 6) is 0.601. The fraction of sp³-hybridized carbons (Fsp3) is 0.516. The van der Waals surface area contributed by atoms with E-state index in [0.717, 1.165) is 29.5 Å². The Balaban J connectivity index is 1.40. The summed E-state index contributed by atoms with van der Waals surface area (Å²) < 4.78 is 5.96. The van der Waals surface area contributed by atoms with E-state index in [1.54, 1.807) is 6.07 Å². The van der Waals surface area contributed by atoms with Crippen LogP contribution in [0.1, 0.15) is 113 Å². The number of hydrogen-bond acceptors (Lipinski definition) is 3. The number of Topliss-reactive ketones (excluding diaryl/α,β-unsaturated/α-hetero) is 1. The number of ketones is 1. The molecule has 1 heterocycles. The standard InChI is InChI=1S/C31H42O3/c1-3-4-5-6-7-8-9-10-11-12-13-14-18-21-27(32)31-24(2)30-28(33)22-26(23-29(30)34-31)25-19-16-15-17-20-25/h15-17,19-20,22-23,33H,3-14,18,21H2,1-2H3. The van der Waals surface area contributed by atoms with Crippen molar-refractivity contribution in [3.05, 3.63) is 53.8 Å². The number of aromatic hydroxyl groups is 1. The summed E-state index contributed by atoms with van der Waals surface area (Å²) in [7, 11) is 0. The molecule has 0 spiro atoms. The first-order valence-electron chi connectivity index (χ1n) is 13.5. The Labute approximate surface area is 205 Å². The van der Waals surface area contributed by atoms with E-state index in [1.807, 2.05) is 43.3 Å². The van der Waals surface area contributed by atoms with E-state index in [4.69, 9.17) is 4.42 Å². The number of carbonyl (C=O) groups excluding carboxylic acids is 1. The van der Waals surface area contributed by atoms with Crippen molar-refractivity contribution in [3.8, 4) is 16.9 Å². The summed E-state index contributed by atoms with van der Waals surface area (Å²) in [6, 6.07) is 13.6. The Morgan fingerprint density at radius 2 is 1.32 bits per heavy atom. The van der Waals surface area contributed by atoms with E-state index in [0.29, 0.717) is 23.2 Å². The second kappa shape index (κ2) is 14.0. The lowest BCUT2D eigenvalue weighted by atomic mass is 10.0. The van der Waals surface area contributed by atoms with Crippen molar-refractivity contribution < 1.29 is 14.3 Å². The molecule has 0 fully saturated rings. The molecule has 34 heavy (non-hydrogen) atoms. The molecule has 3 aromatic rings. The van der Waals surface area contributed by atoms with Crippen LogP contribution in [0.3, 0.4) is 0 Å². The molecule has 0 bridgehead atoms. The normalized spacial score (nSPS) is 11.4. The third-order valence-electron chi connectivity index (χ3n) is 6.88. The molecule has 3 rings (SSSR count). The Bertz CT molecular complexity index is 1020. The number of fused-ring (bicyclic) bond motifs is 1. The smallest absolute Gasteiger partial charge is 0.198 e. The first-order valence-corrected chi connectivity index (χ1v) is 13.5. The zero-order valence-electron chi connectivity index (χ0n) is 21.2. The van der Waals surface area contributed by atoms with Gasteiger partial charge < -0.3 is 9.52 Å². The van der Waals surface area contributed by atoms with E-state index in [9.17, 15) is 9.90 Å². The number of benzene rings is 2. The van der Waals surface area contributed by atoms with Gasteiger partial charge in [0.1, 0.15) is 11.3 Å². The molecule has 0 radical (unpaired) electrons. The van der Waals surface area contributed by atoms with Crippen molar-refractivity contribution in [1.82, 2.24) is 0 Å². The van der Waals surface area contributed by atoms with Crippen molar-refractivity contribution in [2.24, 2.45) is 0 Å². The first kappa shape index (κ1) is 26.1. The maximum atomic E-state index is 12.8. The summed E-state index contributed by atoms with van der Waals surface area (Å²) in [4.78, 5) is 12.8. The highest BCUT2D eigenvalue weighted by Gasteiger charge is 2.20. The predicted molar refractivity (Wildman–Crippen MR) is 143 cm³/mol. The fourth-order valence-electron chi connectivity index (χ4n) is 4.84. The second-order valence-electron chi connectivity index (χ2n) is 9.71. The second-order valence-corrected chi connectivity index (χ2v) is 9.71. The molecule has 0 unspecified atom stereocenters. The molecule has 0 aliphatic heterocycles. The van der Waals surface area contributed by atoms with Crippen LogP contribution in [0.15, 0.2) is 46.9 Å². The van der Waals surface area contributed by atoms with Crippen molar-refractivity contribution >= 4 is 16.8 Å². The minimum Gasteiger partial charge on any atom is -0.507 e. The van der Waals surface area contributed by atoms with Gasteiger partial charge in [-0.05, 0) is 36.6 Å². The summed E-state index contributed by atoms with van der Waals surface area (Å²) in [5.41, 5.74) is 3.21. The SMILES string of the molecule is CCCCCCCCCCCCCCCC(=O)c1oc2cc(-c3ccccc3)cc(O)c2c1C. The van der Waals surface area contributed by atoms with Crippen molar-refractivity contribution in [2.75, 3.05) is 0 Å². The molecule has 0 amide bonds. The lowest BCUT2D eigenvalue weighted by molar-refractivity contribution is 0.0953. The van der Waals surface area contributed by atoms with E-state index < -0.39 is 0 Å². The molecule has 0 atom stereocenters. The maximum Gasteiger partial charge on any atom is 0.198 e. The third kappa shape index (κ3) is 7.48. The van der Waals surface area contributed by atoms with Crippen LogP contribution in [-0.4, -0.2) is 10.9 Å². The zero-order valence-corrected chi connectivity index (χ0v) is 21.2. The number of phenols is 1. The molecular weight excluding hydrogens is 420 g/mol. The van der Waals surface area contributed by atoms with Crippen LogP contribution in [0, 0.1) is 6.92 Å². The predicted octanol–water partition coefficient (Wildman–Crippen LogP) is 9.78. The average molecular weight is 463 g/mol. The largest absolute Gasteiger partial charge is 0.507 e. The minimum atomic E-state index is 0.0393. The molecule has 3 nitrogen and oxygen atoms in total. The van der Waals surface area contributed by atoms with Crippen molar-refractivity contribution in [1.29, 1.82) is 0 Å². The van der Waals surface area contributed by atoms with Crippen LogP contribution in [0.5, 0.6) is 5.75 Å². The van der Waals surface area contributed by atoms with E-state index in [2.05, 4.69) is 6.92 Å². The number of rotatable bonds is 16. The molecule has 3 heteroatoms. The van der Waals surface area contributed by atoms with E-state index in [1.165, 1.54) is 70.6 Å². The van der Waals surface area contributed by atoms with Crippen LogP contribution < -0.4 is 0 Å². The van der Waals surface area contributed by atoms with Crippen LogP contribution in [0.25, 0.3) is 22.1 Å². The molecule has 0 aliphatic rings. The van der Waals surface area contributed by atoms with Gasteiger partial charge in [-0.3, -0.25) is 4.79 Å². The Morgan fingerprint density at radius 1 is 0.765 bits per heavy atom. The van der Waals surface area contributed by atoms with Gasteiger partial charge in [0.2, 0.25) is 0 Å². The molecule has 1 aromatic heterocycles. The molecule has 1 N–H and O–H groups in total. The summed E-state index contributed by atoms with van der Waals surface area (Å²) in [6.45, 7) is 4.13. The number of furan rings is 1. The van der Waals surface area contributed by atoms with Gasteiger partial charge in [0.25, 0.3) is 0 Å². The Hall–Kier alpha value is -2.55. The van der Waals surface area contributed by atoms with Gasteiger partial charge in [0.05, 0.1) is 5.39 Å². The zero-order chi connectivity index (χ0) is 24.2. The molecule has 2 aromatic carbocycles. The van der Waals surface area contributed by atoms with Crippen molar-refractivity contribution in [2.45, 2.75) is 104 Å². The van der Waals surface area contributed by atoms with Gasteiger partial charge in [-0.2, -0.15) is 0 Å². The summed E-state index contributed by atoms with van der Waals surface area (Å²) in [6.07, 6.45) is 17.3. The van der Waals surface area contributed by atoms with Crippen LogP contribution in [-0.2, 0) is 0 Å². The number of unbranched alkanes of at least 4 members (excludes halogenated alkanes) is 12. The van der Waals surface area contributed by atoms with Crippen LogP contribution in [0.4, 0.5) is 0 Å². The van der Waals surface area contributed by atoms with E-state index in [-0.39, 0.29) is 11.5 Å². The molecule has 184 valence electrons. The monoisotopic (exact) mass is 462 g/mol. The highest BCUT2D eigenvalue weighted by Crippen LogP contribution is 2.37.